The van der Waals surface area contributed by atoms with Crippen molar-refractivity contribution < 1.29 is 13.2 Å². The van der Waals surface area contributed by atoms with Crippen LogP contribution in [-0.2, 0) is 6.18 Å². The van der Waals surface area contributed by atoms with E-state index in [0.29, 0.717) is 11.3 Å². The van der Waals surface area contributed by atoms with Crippen molar-refractivity contribution in [3.63, 3.8) is 0 Å². The summed E-state index contributed by atoms with van der Waals surface area (Å²) in [5, 5.41) is 1.61. The maximum Gasteiger partial charge on any atom is 0.416 e. The van der Waals surface area contributed by atoms with Crippen LogP contribution in [0.2, 0.25) is 0 Å². The third kappa shape index (κ3) is 1.96. The van der Waals surface area contributed by atoms with Crippen LogP contribution in [0.5, 0.6) is 0 Å². The highest BCUT2D eigenvalue weighted by Crippen LogP contribution is 2.32. The zero-order chi connectivity index (χ0) is 11.8. The highest BCUT2D eigenvalue weighted by molar-refractivity contribution is 5.56. The molecule has 0 bridgehead atoms. The van der Waals surface area contributed by atoms with Gasteiger partial charge in [-0.15, -0.1) is 5.53 Å². The number of rotatable bonds is 1. The molecule has 0 radical (unpaired) electrons. The molecule has 1 aliphatic heterocycles. The Bertz CT molecular complexity index is 426. The minimum atomic E-state index is -4.30. The van der Waals surface area contributed by atoms with Crippen molar-refractivity contribution in [1.82, 2.24) is 11.0 Å². The van der Waals surface area contributed by atoms with Gasteiger partial charge >= 0.3 is 6.18 Å². The normalized spacial score (nSPS) is 15.4. The average molecular weight is 229 g/mol. The predicted molar refractivity (Wildman–Crippen MR) is 54.1 cm³/mol. The molecule has 1 aliphatic rings. The molecule has 2 rings (SSSR count). The molecule has 0 amide bonds. The minimum Gasteiger partial charge on any atom is -0.309 e. The summed E-state index contributed by atoms with van der Waals surface area (Å²) in [5.74, 6) is 0. The van der Waals surface area contributed by atoms with E-state index in [1.165, 1.54) is 6.07 Å². The van der Waals surface area contributed by atoms with Crippen LogP contribution in [0.1, 0.15) is 11.1 Å². The Balaban J connectivity index is 2.33. The molecule has 1 heterocycles. The standard InChI is InChI=1S/C10H10F3N3/c1-7-6-8(10(11,12)13)2-3-9(7)16-5-4-14-15-16/h2-6,14-15H,1H3. The van der Waals surface area contributed by atoms with E-state index in [-0.39, 0.29) is 0 Å². The fraction of sp³-hybridized carbons (Fsp3) is 0.200. The number of hydrogen-bond donors (Lipinski definition) is 2. The smallest absolute Gasteiger partial charge is 0.309 e. The summed E-state index contributed by atoms with van der Waals surface area (Å²) in [4.78, 5) is 0. The molecule has 3 nitrogen and oxygen atoms in total. The van der Waals surface area contributed by atoms with E-state index in [4.69, 9.17) is 0 Å². The number of benzene rings is 1. The van der Waals surface area contributed by atoms with Gasteiger partial charge in [0.25, 0.3) is 0 Å². The first kappa shape index (κ1) is 10.8. The Morgan fingerprint density at radius 1 is 1.25 bits per heavy atom. The number of hydrogen-bond acceptors (Lipinski definition) is 3. The van der Waals surface area contributed by atoms with E-state index in [1.54, 1.807) is 24.3 Å². The fourth-order valence-corrected chi connectivity index (χ4v) is 1.50. The van der Waals surface area contributed by atoms with Gasteiger partial charge in [0.1, 0.15) is 0 Å². The Hall–Kier alpha value is -1.69. The predicted octanol–water partition coefficient (Wildman–Crippen LogP) is 2.31. The minimum absolute atomic E-state index is 0.552. The second-order valence-electron chi connectivity index (χ2n) is 3.44. The van der Waals surface area contributed by atoms with Crippen LogP contribution in [0.3, 0.4) is 0 Å². The van der Waals surface area contributed by atoms with E-state index >= 15 is 0 Å². The molecule has 0 spiro atoms. The molecule has 16 heavy (non-hydrogen) atoms. The summed E-state index contributed by atoms with van der Waals surface area (Å²) in [7, 11) is 0. The first-order valence-electron chi connectivity index (χ1n) is 4.63. The number of aryl methyl sites for hydroxylation is 1. The zero-order valence-electron chi connectivity index (χ0n) is 8.47. The molecular weight excluding hydrogens is 219 g/mol. The van der Waals surface area contributed by atoms with Crippen molar-refractivity contribution in [1.29, 1.82) is 0 Å². The molecule has 0 aliphatic carbocycles. The molecule has 0 unspecified atom stereocenters. The summed E-state index contributed by atoms with van der Waals surface area (Å²) in [6, 6.07) is 3.63. The van der Waals surface area contributed by atoms with Gasteiger partial charge in [-0.1, -0.05) is 0 Å². The first-order chi connectivity index (χ1) is 7.48. The molecule has 0 saturated carbocycles. The third-order valence-electron chi connectivity index (χ3n) is 2.28. The summed E-state index contributed by atoms with van der Waals surface area (Å²) in [6.45, 7) is 1.64. The lowest BCUT2D eigenvalue weighted by Crippen LogP contribution is -2.35. The van der Waals surface area contributed by atoms with E-state index < -0.39 is 11.7 Å². The lowest BCUT2D eigenvalue weighted by Gasteiger charge is -2.19. The van der Waals surface area contributed by atoms with Crippen molar-refractivity contribution in [2.24, 2.45) is 0 Å². The van der Waals surface area contributed by atoms with Crippen molar-refractivity contribution in [2.75, 3.05) is 5.01 Å². The van der Waals surface area contributed by atoms with Crippen LogP contribution >= 0.6 is 0 Å². The number of anilines is 1. The van der Waals surface area contributed by atoms with Crippen molar-refractivity contribution in [2.45, 2.75) is 13.1 Å². The molecule has 1 aromatic rings. The van der Waals surface area contributed by atoms with Crippen LogP contribution in [0.15, 0.2) is 30.6 Å². The van der Waals surface area contributed by atoms with Crippen molar-refractivity contribution in [3.8, 4) is 0 Å². The first-order valence-corrected chi connectivity index (χ1v) is 4.63. The summed E-state index contributed by atoms with van der Waals surface area (Å²) < 4.78 is 37.3. The van der Waals surface area contributed by atoms with Gasteiger partial charge in [-0.05, 0) is 30.7 Å². The van der Waals surface area contributed by atoms with Crippen LogP contribution in [-0.4, -0.2) is 0 Å². The lowest BCUT2D eigenvalue weighted by molar-refractivity contribution is -0.137. The Labute approximate surface area is 90.5 Å². The number of nitrogens with zero attached hydrogens (tertiary/aromatic N) is 1. The quantitative estimate of drug-likeness (QED) is 0.773. The molecule has 6 heteroatoms. The summed E-state index contributed by atoms with van der Waals surface area (Å²) in [6.07, 6.45) is -0.956. The largest absolute Gasteiger partial charge is 0.416 e. The van der Waals surface area contributed by atoms with E-state index in [2.05, 4.69) is 11.0 Å². The molecule has 0 fully saturated rings. The van der Waals surface area contributed by atoms with Gasteiger partial charge in [-0.2, -0.15) is 13.2 Å². The van der Waals surface area contributed by atoms with Gasteiger partial charge < -0.3 is 5.43 Å². The van der Waals surface area contributed by atoms with E-state index in [1.807, 2.05) is 0 Å². The lowest BCUT2D eigenvalue weighted by atomic mass is 10.1. The highest BCUT2D eigenvalue weighted by atomic mass is 19.4. The Morgan fingerprint density at radius 2 is 2.00 bits per heavy atom. The van der Waals surface area contributed by atoms with Crippen LogP contribution < -0.4 is 16.0 Å². The van der Waals surface area contributed by atoms with Gasteiger partial charge in [-0.3, -0.25) is 5.01 Å². The molecular formula is C10H10F3N3. The third-order valence-corrected chi connectivity index (χ3v) is 2.28. The zero-order valence-corrected chi connectivity index (χ0v) is 8.47. The van der Waals surface area contributed by atoms with Crippen LogP contribution in [0.25, 0.3) is 0 Å². The maximum absolute atomic E-state index is 12.4. The van der Waals surface area contributed by atoms with Gasteiger partial charge in [0, 0.05) is 12.4 Å². The van der Waals surface area contributed by atoms with E-state index in [9.17, 15) is 13.2 Å². The van der Waals surface area contributed by atoms with Crippen molar-refractivity contribution >= 4 is 5.69 Å². The summed E-state index contributed by atoms with van der Waals surface area (Å²) in [5.41, 5.74) is 6.07. The second kappa shape index (κ2) is 3.71. The number of hydrazine groups is 2. The Kier molecular flexibility index (Phi) is 2.51. The average Bonchev–Trinajstić information content (AvgIpc) is 2.69. The number of alkyl halides is 3. The van der Waals surface area contributed by atoms with Crippen LogP contribution in [0, 0.1) is 6.92 Å². The molecule has 0 aromatic heterocycles. The van der Waals surface area contributed by atoms with Crippen molar-refractivity contribution in [3.05, 3.63) is 41.7 Å². The number of halogens is 3. The Morgan fingerprint density at radius 3 is 2.50 bits per heavy atom. The summed E-state index contributed by atoms with van der Waals surface area (Å²) >= 11 is 0. The van der Waals surface area contributed by atoms with Gasteiger partial charge in [0.2, 0.25) is 0 Å². The SMILES string of the molecule is Cc1cc(C(F)(F)F)ccc1N1C=CNN1. The van der Waals surface area contributed by atoms with E-state index in [0.717, 1.165) is 12.1 Å². The molecule has 86 valence electrons. The fourth-order valence-electron chi connectivity index (χ4n) is 1.50. The molecule has 2 N–H and O–H groups in total. The molecule has 0 saturated heterocycles. The molecule has 0 atom stereocenters. The van der Waals surface area contributed by atoms with Gasteiger partial charge in [0.05, 0.1) is 11.3 Å². The monoisotopic (exact) mass is 229 g/mol. The highest BCUT2D eigenvalue weighted by Gasteiger charge is 2.30. The molecule has 1 aromatic carbocycles. The van der Waals surface area contributed by atoms with Gasteiger partial charge in [-0.25, -0.2) is 0 Å². The second-order valence-corrected chi connectivity index (χ2v) is 3.44. The van der Waals surface area contributed by atoms with Crippen LogP contribution in [0.4, 0.5) is 18.9 Å². The maximum atomic E-state index is 12.4. The topological polar surface area (TPSA) is 27.3 Å². The number of nitrogens with one attached hydrogen (secondary N) is 2. The van der Waals surface area contributed by atoms with Gasteiger partial charge in [0.15, 0.2) is 0 Å².